The summed E-state index contributed by atoms with van der Waals surface area (Å²) in [4.78, 5) is 5.19. The highest BCUT2D eigenvalue weighted by atomic mass is 15.2. The standard InChI is InChI=1S/C19H27N2/c1-20-12-17-15-9-6-10-21(2)19(15)11-16(18(17)13-20)14-7-4-3-5-8-14/h3-5,7-8,15-16,18-19H,6,9-13H2,1-2H3/q+1. The van der Waals surface area contributed by atoms with Gasteiger partial charge in [0, 0.05) is 12.5 Å². The highest BCUT2D eigenvalue weighted by Crippen LogP contribution is 2.52. The van der Waals surface area contributed by atoms with E-state index in [1.54, 1.807) is 5.56 Å². The second kappa shape index (κ2) is 5.33. The number of fused-ring (bicyclic) bond motifs is 3. The van der Waals surface area contributed by atoms with E-state index in [4.69, 9.17) is 0 Å². The summed E-state index contributed by atoms with van der Waals surface area (Å²) in [5, 5.41) is 0. The summed E-state index contributed by atoms with van der Waals surface area (Å²) in [6.45, 7) is 3.79. The van der Waals surface area contributed by atoms with Crippen LogP contribution >= 0.6 is 0 Å². The van der Waals surface area contributed by atoms with Crippen molar-refractivity contribution < 1.29 is 0 Å². The third kappa shape index (κ3) is 2.29. The zero-order valence-electron chi connectivity index (χ0n) is 13.3. The van der Waals surface area contributed by atoms with Crippen molar-refractivity contribution in [1.82, 2.24) is 9.80 Å². The second-order valence-electron chi connectivity index (χ2n) is 7.43. The third-order valence-electron chi connectivity index (χ3n) is 6.18. The Bertz CT molecular complexity index is 486. The average molecular weight is 283 g/mol. The Morgan fingerprint density at radius 3 is 2.71 bits per heavy atom. The first kappa shape index (κ1) is 13.7. The molecule has 4 rings (SSSR count). The lowest BCUT2D eigenvalue weighted by atomic mass is 9.61. The van der Waals surface area contributed by atoms with Crippen LogP contribution in [0.3, 0.4) is 0 Å². The maximum absolute atomic E-state index is 2.64. The minimum atomic E-state index is 0.730. The molecular formula is C19H27N2+. The largest absolute Gasteiger partial charge is 0.299 e. The highest BCUT2D eigenvalue weighted by Gasteiger charge is 2.58. The van der Waals surface area contributed by atoms with Crippen LogP contribution in [0.4, 0.5) is 0 Å². The third-order valence-corrected chi connectivity index (χ3v) is 6.18. The lowest BCUT2D eigenvalue weighted by Crippen LogP contribution is -2.51. The molecule has 0 N–H and O–H groups in total. The molecule has 2 aliphatic heterocycles. The molecule has 0 spiro atoms. The smallest absolute Gasteiger partial charge is 0.144 e. The van der Waals surface area contributed by atoms with Crippen LogP contribution in [-0.2, 0) is 0 Å². The molecule has 0 aromatic heterocycles. The summed E-state index contributed by atoms with van der Waals surface area (Å²) in [6.07, 6.45) is 4.16. The number of hydrogen-bond acceptors (Lipinski definition) is 2. The van der Waals surface area contributed by atoms with Gasteiger partial charge in [-0.05, 0) is 45.5 Å². The Morgan fingerprint density at radius 1 is 1.10 bits per heavy atom. The van der Waals surface area contributed by atoms with Gasteiger partial charge in [-0.15, -0.1) is 0 Å². The van der Waals surface area contributed by atoms with E-state index >= 15 is 0 Å². The topological polar surface area (TPSA) is 6.48 Å². The number of likely N-dealkylation sites (tertiary alicyclic amines) is 2. The molecule has 4 unspecified atom stereocenters. The van der Waals surface area contributed by atoms with Crippen LogP contribution < -0.4 is 0 Å². The molecule has 21 heavy (non-hydrogen) atoms. The van der Waals surface area contributed by atoms with Crippen molar-refractivity contribution in [1.29, 1.82) is 0 Å². The lowest BCUT2D eigenvalue weighted by Gasteiger charge is -2.44. The van der Waals surface area contributed by atoms with Gasteiger partial charge < -0.3 is 0 Å². The van der Waals surface area contributed by atoms with E-state index < -0.39 is 0 Å². The van der Waals surface area contributed by atoms with Gasteiger partial charge in [0.1, 0.15) is 24.3 Å². The van der Waals surface area contributed by atoms with Crippen LogP contribution in [-0.4, -0.2) is 49.6 Å². The van der Waals surface area contributed by atoms with Gasteiger partial charge in [0.2, 0.25) is 0 Å². The van der Waals surface area contributed by atoms with E-state index in [-0.39, 0.29) is 0 Å². The molecule has 4 atom stereocenters. The number of benzene rings is 1. The van der Waals surface area contributed by atoms with Gasteiger partial charge in [-0.1, -0.05) is 30.3 Å². The minimum absolute atomic E-state index is 0.730. The van der Waals surface area contributed by atoms with Crippen molar-refractivity contribution in [2.45, 2.75) is 31.2 Å². The maximum Gasteiger partial charge on any atom is 0.144 e. The summed E-state index contributed by atoms with van der Waals surface area (Å²) < 4.78 is 0. The molecular weight excluding hydrogens is 256 g/mol. The molecule has 1 saturated carbocycles. The highest BCUT2D eigenvalue weighted by molar-refractivity contribution is 5.29. The van der Waals surface area contributed by atoms with E-state index in [9.17, 15) is 0 Å². The van der Waals surface area contributed by atoms with Gasteiger partial charge in [0.25, 0.3) is 0 Å². The maximum atomic E-state index is 2.64. The van der Waals surface area contributed by atoms with Gasteiger partial charge in [-0.25, -0.2) is 0 Å². The fraction of sp³-hybridized carbons (Fsp3) is 0.632. The van der Waals surface area contributed by atoms with Crippen LogP contribution in [0.15, 0.2) is 30.3 Å². The Balaban J connectivity index is 1.68. The molecule has 0 radical (unpaired) electrons. The zero-order valence-corrected chi connectivity index (χ0v) is 13.3. The summed E-state index contributed by atoms with van der Waals surface area (Å²) in [5.74, 6) is 4.26. The quantitative estimate of drug-likeness (QED) is 0.731. The van der Waals surface area contributed by atoms with Crippen molar-refractivity contribution in [3.63, 3.8) is 0 Å². The first-order valence-electron chi connectivity index (χ1n) is 8.53. The number of rotatable bonds is 1. The van der Waals surface area contributed by atoms with Crippen molar-refractivity contribution in [2.24, 2.45) is 11.8 Å². The number of piperidine rings is 1. The molecule has 2 heteroatoms. The van der Waals surface area contributed by atoms with Gasteiger partial charge in [0.05, 0.1) is 6.04 Å². The Kier molecular flexibility index (Phi) is 3.47. The Morgan fingerprint density at radius 2 is 1.90 bits per heavy atom. The van der Waals surface area contributed by atoms with E-state index in [0.717, 1.165) is 23.8 Å². The van der Waals surface area contributed by atoms with Gasteiger partial charge in [-0.3, -0.25) is 9.80 Å². The van der Waals surface area contributed by atoms with E-state index in [1.165, 1.54) is 38.9 Å². The van der Waals surface area contributed by atoms with Crippen LogP contribution in [0.25, 0.3) is 0 Å². The van der Waals surface area contributed by atoms with Gasteiger partial charge in [-0.2, -0.15) is 0 Å². The van der Waals surface area contributed by atoms with Crippen molar-refractivity contribution >= 4 is 0 Å². The molecule has 1 aromatic rings. The fourth-order valence-electron chi connectivity index (χ4n) is 5.22. The molecule has 3 aliphatic rings. The molecule has 1 aliphatic carbocycles. The molecule has 112 valence electrons. The summed E-state index contributed by atoms with van der Waals surface area (Å²) >= 11 is 0. The normalized spacial score (nSPS) is 37.3. The molecule has 0 amide bonds. The van der Waals surface area contributed by atoms with Crippen molar-refractivity contribution in [3.05, 3.63) is 41.8 Å². The zero-order chi connectivity index (χ0) is 14.4. The fourth-order valence-corrected chi connectivity index (χ4v) is 5.22. The number of nitrogens with zero attached hydrogens (tertiary/aromatic N) is 2. The predicted molar refractivity (Wildman–Crippen MR) is 87.2 cm³/mol. The summed E-state index contributed by atoms with van der Waals surface area (Å²) in [7, 11) is 4.65. The molecule has 0 bridgehead atoms. The molecule has 2 nitrogen and oxygen atoms in total. The van der Waals surface area contributed by atoms with Crippen LogP contribution in [0.5, 0.6) is 0 Å². The van der Waals surface area contributed by atoms with Crippen LogP contribution in [0, 0.1) is 17.8 Å². The molecule has 3 fully saturated rings. The monoisotopic (exact) mass is 283 g/mol. The number of hydrogen-bond donors (Lipinski definition) is 0. The second-order valence-corrected chi connectivity index (χ2v) is 7.43. The molecule has 1 aromatic carbocycles. The Labute approximate surface area is 129 Å². The van der Waals surface area contributed by atoms with Crippen molar-refractivity contribution in [3.8, 4) is 0 Å². The minimum Gasteiger partial charge on any atom is -0.299 e. The predicted octanol–water partition coefficient (Wildman–Crippen LogP) is 3.02. The SMILES string of the molecule is CN1C[C+]2C(C1)C(c1ccccc1)CC1C2CCCN1C. The summed E-state index contributed by atoms with van der Waals surface area (Å²) in [5.41, 5.74) is 1.56. The average Bonchev–Trinajstić information content (AvgIpc) is 2.89. The molecule has 2 saturated heterocycles. The first-order chi connectivity index (χ1) is 10.2. The van der Waals surface area contributed by atoms with Gasteiger partial charge in [0.15, 0.2) is 0 Å². The lowest BCUT2D eigenvalue weighted by molar-refractivity contribution is 0.0758. The van der Waals surface area contributed by atoms with E-state index in [1.807, 2.05) is 5.92 Å². The van der Waals surface area contributed by atoms with E-state index in [2.05, 4.69) is 54.2 Å². The van der Waals surface area contributed by atoms with Crippen molar-refractivity contribution in [2.75, 3.05) is 33.7 Å². The van der Waals surface area contributed by atoms with Crippen LogP contribution in [0.2, 0.25) is 0 Å². The Hall–Kier alpha value is -0.990. The summed E-state index contributed by atoms with van der Waals surface area (Å²) in [6, 6.07) is 12.1. The molecule has 2 heterocycles. The first-order valence-corrected chi connectivity index (χ1v) is 8.53. The van der Waals surface area contributed by atoms with Gasteiger partial charge >= 0.3 is 0 Å². The van der Waals surface area contributed by atoms with E-state index in [0.29, 0.717) is 0 Å². The van der Waals surface area contributed by atoms with Crippen LogP contribution in [0.1, 0.15) is 30.7 Å².